The normalized spacial score (nSPS) is 21.4. The summed E-state index contributed by atoms with van der Waals surface area (Å²) in [5, 5.41) is 39.2. The molecule has 3 aliphatic carbocycles. The highest BCUT2D eigenvalue weighted by molar-refractivity contribution is 6.34. The van der Waals surface area contributed by atoms with Gasteiger partial charge < -0.3 is 0 Å². The van der Waals surface area contributed by atoms with Crippen molar-refractivity contribution < 1.29 is 9.59 Å². The lowest BCUT2D eigenvalue weighted by Gasteiger charge is -2.12. The van der Waals surface area contributed by atoms with Crippen LogP contribution in [0.1, 0.15) is 63.9 Å². The number of nitriles is 4. The van der Waals surface area contributed by atoms with Gasteiger partial charge in [0.25, 0.3) is 0 Å². The van der Waals surface area contributed by atoms with Crippen LogP contribution in [0.3, 0.4) is 0 Å². The van der Waals surface area contributed by atoms with Gasteiger partial charge >= 0.3 is 0 Å². The quantitative estimate of drug-likeness (QED) is 0.205. The van der Waals surface area contributed by atoms with E-state index in [9.17, 15) is 30.6 Å². The van der Waals surface area contributed by atoms with E-state index in [1.165, 1.54) is 0 Å². The van der Waals surface area contributed by atoms with Crippen LogP contribution in [0.15, 0.2) is 70.8 Å². The molecule has 0 aliphatic heterocycles. The zero-order chi connectivity index (χ0) is 29.3. The Morgan fingerprint density at radius 3 is 1.39 bits per heavy atom. The van der Waals surface area contributed by atoms with Gasteiger partial charge in [0.2, 0.25) is 0 Å². The molecule has 2 atom stereocenters. The Morgan fingerprint density at radius 2 is 1.02 bits per heavy atom. The molecule has 0 heterocycles. The average Bonchev–Trinajstić information content (AvgIpc) is 3.25. The standard InChI is InChI=1S/C33H20Cl2N4O2/c34-22-6-8-24-26(12-22)32(40)28(30(24)20(14-36)15-37)10-18-2-1-3-19(5-4-18)11-29-31(21(16-38)17-39)25-9-7-23(35)13-27(25)33(29)41/h6-13,18-19H,1-5H2/b28-10-,29-11-. The van der Waals surface area contributed by atoms with Crippen molar-refractivity contribution in [3.05, 3.63) is 103 Å². The van der Waals surface area contributed by atoms with Gasteiger partial charge in [0, 0.05) is 43.5 Å². The second kappa shape index (κ2) is 11.4. The van der Waals surface area contributed by atoms with Crippen LogP contribution in [0.4, 0.5) is 0 Å². The number of carbonyl (C=O) groups is 2. The van der Waals surface area contributed by atoms with Crippen LogP contribution in [0.2, 0.25) is 10.0 Å². The predicted octanol–water partition coefficient (Wildman–Crippen LogP) is 7.74. The fourth-order valence-corrected chi connectivity index (χ4v) is 6.29. The number of carbonyl (C=O) groups excluding carboxylic acids is 2. The maximum absolute atomic E-state index is 13.4. The van der Waals surface area contributed by atoms with Crippen LogP contribution in [-0.2, 0) is 0 Å². The molecule has 41 heavy (non-hydrogen) atoms. The zero-order valence-electron chi connectivity index (χ0n) is 21.7. The molecule has 8 heteroatoms. The summed E-state index contributed by atoms with van der Waals surface area (Å²) in [7, 11) is 0. The number of hydrogen-bond acceptors (Lipinski definition) is 6. The predicted molar refractivity (Wildman–Crippen MR) is 154 cm³/mol. The molecule has 2 unspecified atom stereocenters. The Labute approximate surface area is 247 Å². The summed E-state index contributed by atoms with van der Waals surface area (Å²) < 4.78 is 0. The minimum Gasteiger partial charge on any atom is -0.289 e. The average molecular weight is 575 g/mol. The Bertz CT molecular complexity index is 1670. The minimum atomic E-state index is -0.258. The first-order valence-corrected chi connectivity index (χ1v) is 13.8. The number of rotatable bonds is 2. The van der Waals surface area contributed by atoms with Gasteiger partial charge in [-0.1, -0.05) is 53.9 Å². The Hall–Kier alpha value is -4.72. The number of halogens is 2. The topological polar surface area (TPSA) is 129 Å². The van der Waals surface area contributed by atoms with Gasteiger partial charge in [-0.2, -0.15) is 21.0 Å². The molecule has 0 aromatic heterocycles. The van der Waals surface area contributed by atoms with Crippen molar-refractivity contribution in [1.82, 2.24) is 0 Å². The molecule has 3 aliphatic rings. The van der Waals surface area contributed by atoms with E-state index in [1.54, 1.807) is 36.4 Å². The van der Waals surface area contributed by atoms with Crippen molar-refractivity contribution in [2.75, 3.05) is 0 Å². The first-order chi connectivity index (χ1) is 19.8. The van der Waals surface area contributed by atoms with Crippen LogP contribution >= 0.6 is 23.2 Å². The van der Waals surface area contributed by atoms with Crippen LogP contribution in [0, 0.1) is 57.2 Å². The fraction of sp³-hybridized carbons (Fsp3) is 0.212. The summed E-state index contributed by atoms with van der Waals surface area (Å²) in [5.41, 5.74) is 2.96. The molecule has 198 valence electrons. The molecule has 0 bridgehead atoms. The van der Waals surface area contributed by atoms with E-state index < -0.39 is 0 Å². The van der Waals surface area contributed by atoms with Gasteiger partial charge in [-0.25, -0.2) is 0 Å². The summed E-state index contributed by atoms with van der Waals surface area (Å²) in [6.45, 7) is 0. The van der Waals surface area contributed by atoms with Gasteiger partial charge in [0.15, 0.2) is 11.6 Å². The van der Waals surface area contributed by atoms with Crippen molar-refractivity contribution in [3.63, 3.8) is 0 Å². The third kappa shape index (κ3) is 5.01. The third-order valence-electron chi connectivity index (χ3n) is 7.83. The largest absolute Gasteiger partial charge is 0.289 e. The van der Waals surface area contributed by atoms with Gasteiger partial charge in [-0.15, -0.1) is 0 Å². The zero-order valence-corrected chi connectivity index (χ0v) is 23.2. The number of fused-ring (bicyclic) bond motifs is 2. The van der Waals surface area contributed by atoms with Gasteiger partial charge in [0.05, 0.1) is 0 Å². The number of Topliss-reactive ketones (excluding diaryl/α,β-unsaturated/α-hetero) is 2. The van der Waals surface area contributed by atoms with Crippen LogP contribution in [0.5, 0.6) is 0 Å². The van der Waals surface area contributed by atoms with E-state index in [0.29, 0.717) is 67.4 Å². The lowest BCUT2D eigenvalue weighted by Crippen LogP contribution is -2.03. The Morgan fingerprint density at radius 1 is 0.634 bits per heavy atom. The fourth-order valence-electron chi connectivity index (χ4n) is 5.95. The van der Waals surface area contributed by atoms with Gasteiger partial charge in [-0.3, -0.25) is 9.59 Å². The second-order valence-corrected chi connectivity index (χ2v) is 11.0. The SMILES string of the molecule is N#CC(C#N)=C1/C(=C/C2CCCC(/C=C3\C(=O)c4cc(Cl)ccc4C3=C(C#N)C#N)CC2)C(=O)c2cc(Cl)ccc21. The van der Waals surface area contributed by atoms with Gasteiger partial charge in [0.1, 0.15) is 35.4 Å². The minimum absolute atomic E-state index is 0.00911. The van der Waals surface area contributed by atoms with Gasteiger partial charge in [-0.05, 0) is 72.9 Å². The summed E-state index contributed by atoms with van der Waals surface area (Å²) >= 11 is 12.3. The third-order valence-corrected chi connectivity index (χ3v) is 8.30. The van der Waals surface area contributed by atoms with E-state index in [1.807, 2.05) is 36.4 Å². The number of ketones is 2. The van der Waals surface area contributed by atoms with E-state index in [0.717, 1.165) is 19.3 Å². The second-order valence-electron chi connectivity index (χ2n) is 10.2. The summed E-state index contributed by atoms with van der Waals surface area (Å²) in [5.74, 6) is -0.497. The summed E-state index contributed by atoms with van der Waals surface area (Å²) in [6, 6.07) is 17.4. The molecule has 0 N–H and O–H groups in total. The molecule has 0 spiro atoms. The number of benzene rings is 2. The molecule has 0 amide bonds. The molecule has 2 aromatic carbocycles. The first-order valence-electron chi connectivity index (χ1n) is 13.0. The molecule has 0 radical (unpaired) electrons. The molecule has 2 aromatic rings. The first kappa shape index (κ1) is 27.8. The maximum atomic E-state index is 13.4. The van der Waals surface area contributed by atoms with Crippen molar-refractivity contribution in [2.45, 2.75) is 32.1 Å². The number of allylic oxidation sites excluding steroid dienone is 8. The number of hydrogen-bond donors (Lipinski definition) is 0. The lowest BCUT2D eigenvalue weighted by molar-refractivity contribution is 0.103. The summed E-state index contributed by atoms with van der Waals surface area (Å²) in [6.07, 6.45) is 7.55. The van der Waals surface area contributed by atoms with E-state index in [4.69, 9.17) is 23.2 Å². The van der Waals surface area contributed by atoms with E-state index in [2.05, 4.69) is 0 Å². The van der Waals surface area contributed by atoms with Crippen molar-refractivity contribution in [3.8, 4) is 24.3 Å². The molecule has 6 nitrogen and oxygen atoms in total. The highest BCUT2D eigenvalue weighted by atomic mass is 35.5. The number of nitrogens with zero attached hydrogens (tertiary/aromatic N) is 4. The Balaban J connectivity index is 1.47. The Kier molecular flexibility index (Phi) is 7.75. The summed E-state index contributed by atoms with van der Waals surface area (Å²) in [4.78, 5) is 26.8. The van der Waals surface area contributed by atoms with Crippen molar-refractivity contribution in [1.29, 1.82) is 21.0 Å². The molecule has 1 saturated carbocycles. The van der Waals surface area contributed by atoms with E-state index in [-0.39, 0.29) is 34.5 Å². The smallest absolute Gasteiger partial charge is 0.194 e. The van der Waals surface area contributed by atoms with Crippen LogP contribution < -0.4 is 0 Å². The highest BCUT2D eigenvalue weighted by Gasteiger charge is 2.35. The maximum Gasteiger partial charge on any atom is 0.194 e. The highest BCUT2D eigenvalue weighted by Crippen LogP contribution is 2.44. The monoisotopic (exact) mass is 574 g/mol. The molecular weight excluding hydrogens is 555 g/mol. The van der Waals surface area contributed by atoms with Crippen molar-refractivity contribution in [2.24, 2.45) is 11.8 Å². The van der Waals surface area contributed by atoms with E-state index >= 15 is 0 Å². The van der Waals surface area contributed by atoms with Crippen molar-refractivity contribution >= 4 is 45.9 Å². The van der Waals surface area contributed by atoms with Crippen LogP contribution in [-0.4, -0.2) is 11.6 Å². The lowest BCUT2D eigenvalue weighted by atomic mass is 9.91. The van der Waals surface area contributed by atoms with Crippen LogP contribution in [0.25, 0.3) is 11.1 Å². The molecule has 0 saturated heterocycles. The molecule has 1 fully saturated rings. The molecule has 5 rings (SSSR count). The molecular formula is C33H20Cl2N4O2.